The average Bonchev–Trinajstić information content (AvgIpc) is 3.18. The van der Waals surface area contributed by atoms with Gasteiger partial charge in [-0.1, -0.05) is 42.0 Å². The summed E-state index contributed by atoms with van der Waals surface area (Å²) in [5, 5.41) is 10.9. The van der Waals surface area contributed by atoms with Crippen LogP contribution in [0.3, 0.4) is 0 Å². The molecule has 0 saturated heterocycles. The van der Waals surface area contributed by atoms with E-state index in [9.17, 15) is 19.7 Å². The number of nitrogens with zero attached hydrogens (tertiary/aromatic N) is 2. The van der Waals surface area contributed by atoms with E-state index in [1.807, 2.05) is 31.2 Å². The first-order chi connectivity index (χ1) is 15.9. The molecule has 0 atom stereocenters. The minimum absolute atomic E-state index is 0.0321. The molecule has 0 bridgehead atoms. The summed E-state index contributed by atoms with van der Waals surface area (Å²) in [6, 6.07) is 18.9. The van der Waals surface area contributed by atoms with Crippen molar-refractivity contribution < 1.29 is 19.2 Å². The molecule has 4 rings (SSSR count). The Morgan fingerprint density at radius 1 is 0.970 bits per heavy atom. The third-order valence-electron chi connectivity index (χ3n) is 5.43. The molecule has 0 unspecified atom stereocenters. The number of carbonyl (C=O) groups excluding carboxylic acids is 2. The van der Waals surface area contributed by atoms with Crippen LogP contribution in [0.4, 0.5) is 5.69 Å². The minimum atomic E-state index is -0.495. The van der Waals surface area contributed by atoms with Gasteiger partial charge in [0, 0.05) is 23.9 Å². The highest BCUT2D eigenvalue weighted by Crippen LogP contribution is 2.24. The van der Waals surface area contributed by atoms with Crippen LogP contribution in [0.5, 0.6) is 0 Å². The van der Waals surface area contributed by atoms with Gasteiger partial charge in [0.2, 0.25) is 5.78 Å². The zero-order chi connectivity index (χ0) is 23.5. The molecular weight excluding hydrogens is 420 g/mol. The third kappa shape index (κ3) is 4.52. The highest BCUT2D eigenvalue weighted by atomic mass is 16.6. The maximum Gasteiger partial charge on any atom is 0.340 e. The molecule has 2 aromatic heterocycles. The van der Waals surface area contributed by atoms with Gasteiger partial charge in [0.15, 0.2) is 0 Å². The fraction of sp³-hybridized carbons (Fsp3) is 0.154. The summed E-state index contributed by atoms with van der Waals surface area (Å²) >= 11 is 0. The number of hydrogen-bond acceptors (Lipinski definition) is 5. The van der Waals surface area contributed by atoms with Crippen molar-refractivity contribution in [2.75, 3.05) is 6.61 Å². The fourth-order valence-corrected chi connectivity index (χ4v) is 3.72. The fourth-order valence-electron chi connectivity index (χ4n) is 3.72. The summed E-state index contributed by atoms with van der Waals surface area (Å²) in [5.41, 5.74) is 4.67. The van der Waals surface area contributed by atoms with E-state index in [1.165, 1.54) is 12.1 Å². The van der Waals surface area contributed by atoms with E-state index < -0.39 is 10.9 Å². The van der Waals surface area contributed by atoms with E-state index in [4.69, 9.17) is 4.74 Å². The minimum Gasteiger partial charge on any atom is -0.462 e. The number of benzene rings is 2. The summed E-state index contributed by atoms with van der Waals surface area (Å²) in [5.74, 6) is -0.686. The van der Waals surface area contributed by atoms with Crippen LogP contribution in [0.15, 0.2) is 72.9 Å². The van der Waals surface area contributed by atoms with Crippen LogP contribution >= 0.6 is 0 Å². The lowest BCUT2D eigenvalue weighted by molar-refractivity contribution is -0.384. The molecule has 0 radical (unpaired) electrons. The Hall–Kier alpha value is -4.26. The number of aryl methyl sites for hydroxylation is 1. The summed E-state index contributed by atoms with van der Waals surface area (Å²) in [6.07, 6.45) is 2.28. The lowest BCUT2D eigenvalue weighted by Gasteiger charge is -2.07. The van der Waals surface area contributed by atoms with Crippen molar-refractivity contribution in [3.63, 3.8) is 0 Å². The first-order valence-corrected chi connectivity index (χ1v) is 10.5. The van der Waals surface area contributed by atoms with Crippen LogP contribution in [0.1, 0.15) is 50.0 Å². The topological polar surface area (TPSA) is 90.9 Å². The van der Waals surface area contributed by atoms with Crippen molar-refractivity contribution >= 4 is 23.0 Å². The molecule has 0 aliphatic heterocycles. The molecule has 0 spiro atoms. The number of ketones is 1. The monoisotopic (exact) mass is 442 g/mol. The first kappa shape index (κ1) is 22.0. The van der Waals surface area contributed by atoms with Gasteiger partial charge in [0.1, 0.15) is 0 Å². The maximum absolute atomic E-state index is 13.2. The average molecular weight is 442 g/mol. The van der Waals surface area contributed by atoms with Gasteiger partial charge in [-0.15, -0.1) is 0 Å². The molecule has 166 valence electrons. The number of fused-ring (bicyclic) bond motifs is 1. The Balaban J connectivity index is 1.75. The molecule has 2 heterocycles. The van der Waals surface area contributed by atoms with Crippen LogP contribution in [-0.2, 0) is 11.2 Å². The van der Waals surface area contributed by atoms with Gasteiger partial charge in [-0.25, -0.2) is 4.79 Å². The molecular formula is C26H22N2O5. The van der Waals surface area contributed by atoms with Crippen LogP contribution in [0, 0.1) is 17.0 Å². The van der Waals surface area contributed by atoms with Crippen molar-refractivity contribution in [3.8, 4) is 0 Å². The number of rotatable bonds is 7. The highest BCUT2D eigenvalue weighted by Gasteiger charge is 2.21. The van der Waals surface area contributed by atoms with Gasteiger partial charge in [-0.05, 0) is 49.6 Å². The molecule has 4 aromatic rings. The molecule has 0 aliphatic rings. The zero-order valence-electron chi connectivity index (χ0n) is 18.3. The summed E-state index contributed by atoms with van der Waals surface area (Å²) in [7, 11) is 0. The molecule has 7 nitrogen and oxygen atoms in total. The number of carbonyl (C=O) groups is 2. The lowest BCUT2D eigenvalue weighted by Crippen LogP contribution is -2.05. The number of nitro benzene ring substituents is 1. The van der Waals surface area contributed by atoms with Crippen molar-refractivity contribution in [2.45, 2.75) is 20.3 Å². The Morgan fingerprint density at radius 2 is 1.67 bits per heavy atom. The van der Waals surface area contributed by atoms with E-state index in [0.717, 1.165) is 16.7 Å². The summed E-state index contributed by atoms with van der Waals surface area (Å²) < 4.78 is 6.92. The van der Waals surface area contributed by atoms with Gasteiger partial charge < -0.3 is 9.14 Å². The van der Waals surface area contributed by atoms with Crippen LogP contribution in [0.25, 0.3) is 5.52 Å². The zero-order valence-corrected chi connectivity index (χ0v) is 18.3. The summed E-state index contributed by atoms with van der Waals surface area (Å²) in [6.45, 7) is 3.90. The summed E-state index contributed by atoms with van der Waals surface area (Å²) in [4.78, 5) is 36.3. The number of hydrogen-bond donors (Lipinski definition) is 0. The lowest BCUT2D eigenvalue weighted by atomic mass is 10.0. The molecule has 0 fully saturated rings. The third-order valence-corrected chi connectivity index (χ3v) is 5.43. The quantitative estimate of drug-likeness (QED) is 0.171. The van der Waals surface area contributed by atoms with Crippen molar-refractivity contribution in [2.24, 2.45) is 0 Å². The molecule has 0 aliphatic carbocycles. The van der Waals surface area contributed by atoms with Crippen molar-refractivity contribution in [1.82, 2.24) is 4.40 Å². The number of pyridine rings is 1. The smallest absolute Gasteiger partial charge is 0.340 e. The Kier molecular flexibility index (Phi) is 6.04. The van der Waals surface area contributed by atoms with E-state index in [2.05, 4.69) is 0 Å². The molecule has 2 aromatic carbocycles. The molecule has 33 heavy (non-hydrogen) atoms. The van der Waals surface area contributed by atoms with Crippen molar-refractivity contribution in [3.05, 3.63) is 117 Å². The first-order valence-electron chi connectivity index (χ1n) is 10.5. The normalized spacial score (nSPS) is 10.8. The van der Waals surface area contributed by atoms with Crippen LogP contribution < -0.4 is 0 Å². The van der Waals surface area contributed by atoms with Gasteiger partial charge in [-0.3, -0.25) is 14.9 Å². The van der Waals surface area contributed by atoms with Gasteiger partial charge in [0.05, 0.1) is 28.3 Å². The largest absolute Gasteiger partial charge is 0.462 e. The molecule has 0 N–H and O–H groups in total. The van der Waals surface area contributed by atoms with E-state index >= 15 is 0 Å². The highest BCUT2D eigenvalue weighted by molar-refractivity contribution is 6.11. The van der Waals surface area contributed by atoms with E-state index in [0.29, 0.717) is 28.8 Å². The van der Waals surface area contributed by atoms with Crippen molar-refractivity contribution in [1.29, 1.82) is 0 Å². The van der Waals surface area contributed by atoms with Gasteiger partial charge in [0.25, 0.3) is 5.69 Å². The molecule has 7 heteroatoms. The second-order valence-electron chi connectivity index (χ2n) is 7.75. The number of ether oxygens (including phenoxy) is 1. The Bertz CT molecular complexity index is 1350. The number of nitro groups is 1. The second kappa shape index (κ2) is 9.08. The SMILES string of the molecule is CCOC(=O)c1cc(C(=O)c2ccc(C)cc2)n2ccc(Cc3ccc([N+](=O)[O-])cc3)cc12. The number of esters is 1. The molecule has 0 amide bonds. The Labute approximate surface area is 190 Å². The predicted octanol–water partition coefficient (Wildman–Crippen LogP) is 5.15. The van der Waals surface area contributed by atoms with Crippen LogP contribution in [0.2, 0.25) is 0 Å². The Morgan fingerprint density at radius 3 is 2.30 bits per heavy atom. The predicted molar refractivity (Wildman–Crippen MR) is 124 cm³/mol. The van der Waals surface area contributed by atoms with E-state index in [1.54, 1.807) is 47.9 Å². The molecule has 0 saturated carbocycles. The number of non-ortho nitro benzene ring substituents is 1. The van der Waals surface area contributed by atoms with Gasteiger partial charge in [-0.2, -0.15) is 0 Å². The standard InChI is InChI=1S/C26H22N2O5/c1-3-33-26(30)22-16-24(25(29)20-8-4-17(2)5-9-20)27-13-12-19(15-23(22)27)14-18-6-10-21(11-7-18)28(31)32/h4-13,15-16H,3,14H2,1-2H3. The van der Waals surface area contributed by atoms with Gasteiger partial charge >= 0.3 is 5.97 Å². The maximum atomic E-state index is 13.2. The second-order valence-corrected chi connectivity index (χ2v) is 7.75. The van der Waals surface area contributed by atoms with Crippen LogP contribution in [-0.4, -0.2) is 27.7 Å². The number of aromatic nitrogens is 1. The van der Waals surface area contributed by atoms with E-state index in [-0.39, 0.29) is 18.1 Å².